The molecule has 0 bridgehead atoms. The maximum Gasteiger partial charge on any atom is 0.320 e. The number of hydrogen-bond donors (Lipinski definition) is 1. The number of nitrogens with one attached hydrogen (secondary N) is 1. The van der Waals surface area contributed by atoms with Gasteiger partial charge in [-0.2, -0.15) is 0 Å². The Morgan fingerprint density at radius 1 is 1.25 bits per heavy atom. The van der Waals surface area contributed by atoms with E-state index in [0.717, 1.165) is 49.6 Å². The number of urea groups is 1. The van der Waals surface area contributed by atoms with E-state index in [1.807, 2.05) is 34.1 Å². The number of carbonyl (C=O) groups is 1. The van der Waals surface area contributed by atoms with Crippen LogP contribution in [0, 0.1) is 0 Å². The van der Waals surface area contributed by atoms with E-state index in [4.69, 9.17) is 11.6 Å². The number of rotatable bonds is 3. The minimum atomic E-state index is 0.178. The highest BCUT2D eigenvalue weighted by atomic mass is 35.5. The van der Waals surface area contributed by atoms with E-state index in [9.17, 15) is 4.79 Å². The highest BCUT2D eigenvalue weighted by Gasteiger charge is 2.33. The van der Waals surface area contributed by atoms with Gasteiger partial charge >= 0.3 is 6.03 Å². The molecule has 2 heterocycles. The Kier molecular flexibility index (Phi) is 4.13. The molecule has 2 saturated heterocycles. The van der Waals surface area contributed by atoms with Gasteiger partial charge in [-0.15, -0.1) is 0 Å². The lowest BCUT2D eigenvalue weighted by Gasteiger charge is -2.31. The molecule has 2 aliphatic heterocycles. The van der Waals surface area contributed by atoms with Gasteiger partial charge in [-0.05, 0) is 43.6 Å². The van der Waals surface area contributed by atoms with E-state index in [-0.39, 0.29) is 6.03 Å². The van der Waals surface area contributed by atoms with Crippen molar-refractivity contribution in [1.29, 1.82) is 0 Å². The second kappa shape index (κ2) is 6.02. The van der Waals surface area contributed by atoms with Crippen molar-refractivity contribution in [3.8, 4) is 0 Å². The van der Waals surface area contributed by atoms with Crippen LogP contribution in [0.4, 0.5) is 4.79 Å². The van der Waals surface area contributed by atoms with E-state index >= 15 is 0 Å². The van der Waals surface area contributed by atoms with Crippen molar-refractivity contribution in [3.05, 3.63) is 34.9 Å². The molecule has 0 spiro atoms. The summed E-state index contributed by atoms with van der Waals surface area (Å²) in [5.41, 5.74) is 1.10. The molecule has 0 radical (unpaired) electrons. The summed E-state index contributed by atoms with van der Waals surface area (Å²) in [6, 6.07) is 8.33. The fraction of sp³-hybridized carbons (Fsp3) is 0.533. The summed E-state index contributed by atoms with van der Waals surface area (Å²) in [6.45, 7) is 4.35. The molecule has 0 aromatic heterocycles. The molecule has 0 aliphatic carbocycles. The van der Waals surface area contributed by atoms with Gasteiger partial charge in [0.2, 0.25) is 0 Å². The maximum absolute atomic E-state index is 12.5. The molecule has 5 heteroatoms. The minimum absolute atomic E-state index is 0.178. The zero-order valence-electron chi connectivity index (χ0n) is 11.5. The van der Waals surface area contributed by atoms with E-state index in [0.29, 0.717) is 12.6 Å². The van der Waals surface area contributed by atoms with Gasteiger partial charge < -0.3 is 15.1 Å². The highest BCUT2D eigenvalue weighted by molar-refractivity contribution is 6.30. The van der Waals surface area contributed by atoms with E-state index < -0.39 is 0 Å². The lowest BCUT2D eigenvalue weighted by Crippen LogP contribution is -2.45. The van der Waals surface area contributed by atoms with Crippen LogP contribution in [-0.4, -0.2) is 48.1 Å². The second-order valence-corrected chi connectivity index (χ2v) is 5.95. The molecule has 2 fully saturated rings. The van der Waals surface area contributed by atoms with E-state index in [1.165, 1.54) is 0 Å². The molecule has 0 atom stereocenters. The predicted octanol–water partition coefficient (Wildman–Crippen LogP) is 2.33. The molecule has 4 nitrogen and oxygen atoms in total. The molecule has 1 aromatic carbocycles. The molecular formula is C15H20ClN3O. The molecule has 3 rings (SSSR count). The SMILES string of the molecule is O=C1N(Cc2cccc(Cl)c2)CCN1C1CCNCC1. The van der Waals surface area contributed by atoms with Crippen molar-refractivity contribution in [2.24, 2.45) is 0 Å². The first-order valence-electron chi connectivity index (χ1n) is 7.25. The topological polar surface area (TPSA) is 35.6 Å². The molecule has 1 aromatic rings. The third-order valence-corrected chi connectivity index (χ3v) is 4.37. The van der Waals surface area contributed by atoms with Gasteiger partial charge in [0.15, 0.2) is 0 Å². The van der Waals surface area contributed by atoms with Gasteiger partial charge in [0, 0.05) is 30.7 Å². The van der Waals surface area contributed by atoms with Gasteiger partial charge in [-0.1, -0.05) is 23.7 Å². The van der Waals surface area contributed by atoms with Crippen LogP contribution in [-0.2, 0) is 6.54 Å². The lowest BCUT2D eigenvalue weighted by atomic mass is 10.1. The van der Waals surface area contributed by atoms with Crippen LogP contribution in [0.1, 0.15) is 18.4 Å². The fourth-order valence-electron chi connectivity index (χ4n) is 3.06. The van der Waals surface area contributed by atoms with E-state index in [2.05, 4.69) is 5.32 Å². The molecule has 2 amide bonds. The zero-order valence-corrected chi connectivity index (χ0v) is 12.3. The summed E-state index contributed by atoms with van der Waals surface area (Å²) in [7, 11) is 0. The fourth-order valence-corrected chi connectivity index (χ4v) is 3.27. The summed E-state index contributed by atoms with van der Waals surface area (Å²) in [5.74, 6) is 0. The maximum atomic E-state index is 12.5. The van der Waals surface area contributed by atoms with Crippen LogP contribution in [0.2, 0.25) is 5.02 Å². The van der Waals surface area contributed by atoms with Crippen molar-refractivity contribution in [2.75, 3.05) is 26.2 Å². The Bertz CT molecular complexity index is 488. The van der Waals surface area contributed by atoms with Gasteiger partial charge in [0.05, 0.1) is 0 Å². The molecule has 1 N–H and O–H groups in total. The van der Waals surface area contributed by atoms with Gasteiger partial charge in [-0.3, -0.25) is 0 Å². The number of piperidine rings is 1. The van der Waals surface area contributed by atoms with Crippen molar-refractivity contribution < 1.29 is 4.79 Å². The Labute approximate surface area is 124 Å². The summed E-state index contributed by atoms with van der Waals surface area (Å²) in [6.07, 6.45) is 2.13. The van der Waals surface area contributed by atoms with Crippen molar-refractivity contribution in [3.63, 3.8) is 0 Å². The number of carbonyl (C=O) groups excluding carboxylic acids is 1. The summed E-state index contributed by atoms with van der Waals surface area (Å²) in [5, 5.41) is 4.07. The van der Waals surface area contributed by atoms with Crippen LogP contribution < -0.4 is 5.32 Å². The largest absolute Gasteiger partial charge is 0.320 e. The monoisotopic (exact) mass is 293 g/mol. The van der Waals surface area contributed by atoms with Gasteiger partial charge in [-0.25, -0.2) is 4.79 Å². The van der Waals surface area contributed by atoms with E-state index in [1.54, 1.807) is 0 Å². The van der Waals surface area contributed by atoms with Gasteiger partial charge in [0.25, 0.3) is 0 Å². The van der Waals surface area contributed by atoms with Crippen LogP contribution in [0.3, 0.4) is 0 Å². The molecule has 20 heavy (non-hydrogen) atoms. The minimum Gasteiger partial charge on any atom is -0.320 e. The van der Waals surface area contributed by atoms with Crippen molar-refractivity contribution >= 4 is 17.6 Å². The number of benzene rings is 1. The third kappa shape index (κ3) is 2.91. The summed E-state index contributed by atoms with van der Waals surface area (Å²) >= 11 is 6.00. The molecule has 2 aliphatic rings. The second-order valence-electron chi connectivity index (χ2n) is 5.51. The Hall–Kier alpha value is -1.26. The number of halogens is 1. The van der Waals surface area contributed by atoms with Crippen LogP contribution in [0.25, 0.3) is 0 Å². The van der Waals surface area contributed by atoms with Gasteiger partial charge in [0.1, 0.15) is 0 Å². The average Bonchev–Trinajstić information content (AvgIpc) is 2.81. The average molecular weight is 294 g/mol. The standard InChI is InChI=1S/C15H20ClN3O/c16-13-3-1-2-12(10-13)11-18-8-9-19(15(18)20)14-4-6-17-7-5-14/h1-3,10,14,17H,4-9,11H2. The highest BCUT2D eigenvalue weighted by Crippen LogP contribution is 2.21. The third-order valence-electron chi connectivity index (χ3n) is 4.14. The van der Waals surface area contributed by atoms with Crippen LogP contribution in [0.15, 0.2) is 24.3 Å². The smallest absolute Gasteiger partial charge is 0.320 e. The van der Waals surface area contributed by atoms with Crippen LogP contribution in [0.5, 0.6) is 0 Å². The first-order valence-corrected chi connectivity index (χ1v) is 7.62. The van der Waals surface area contributed by atoms with Crippen molar-refractivity contribution in [1.82, 2.24) is 15.1 Å². The normalized spacial score (nSPS) is 20.8. The lowest BCUT2D eigenvalue weighted by molar-refractivity contribution is 0.165. The number of nitrogens with zero attached hydrogens (tertiary/aromatic N) is 2. The Balaban J connectivity index is 1.63. The summed E-state index contributed by atoms with van der Waals surface area (Å²) < 4.78 is 0. The molecule has 108 valence electrons. The predicted molar refractivity (Wildman–Crippen MR) is 79.9 cm³/mol. The quantitative estimate of drug-likeness (QED) is 0.928. The first kappa shape index (κ1) is 13.7. The Morgan fingerprint density at radius 2 is 2.05 bits per heavy atom. The van der Waals surface area contributed by atoms with Crippen molar-refractivity contribution in [2.45, 2.75) is 25.4 Å². The summed E-state index contributed by atoms with van der Waals surface area (Å²) in [4.78, 5) is 16.5. The first-order chi connectivity index (χ1) is 9.74. The molecule has 0 saturated carbocycles. The van der Waals surface area contributed by atoms with Crippen LogP contribution >= 0.6 is 11.6 Å². The number of hydrogen-bond acceptors (Lipinski definition) is 2. The zero-order chi connectivity index (χ0) is 13.9. The number of amides is 2. The molecule has 0 unspecified atom stereocenters. The molecular weight excluding hydrogens is 274 g/mol. The Morgan fingerprint density at radius 3 is 2.80 bits per heavy atom.